The normalized spacial score (nSPS) is 10.8. The summed E-state index contributed by atoms with van der Waals surface area (Å²) in [5, 5.41) is 0.566. The summed E-state index contributed by atoms with van der Waals surface area (Å²) in [6, 6.07) is 5.34. The van der Waals surface area contributed by atoms with Crippen molar-refractivity contribution in [3.05, 3.63) is 23.2 Å². The van der Waals surface area contributed by atoms with Gasteiger partial charge in [0.25, 0.3) is 0 Å². The van der Waals surface area contributed by atoms with Gasteiger partial charge in [-0.05, 0) is 25.2 Å². The molecule has 0 aromatic heterocycles. The molecule has 0 heterocycles. The topological polar surface area (TPSA) is 38.5 Å². The number of ether oxygens (including phenoxy) is 1. The van der Waals surface area contributed by atoms with Crippen molar-refractivity contribution >= 4 is 17.3 Å². The highest BCUT2D eigenvalue weighted by Gasteiger charge is 2.01. The number of nitrogen functional groups attached to an aromatic ring is 1. The summed E-state index contributed by atoms with van der Waals surface area (Å²) >= 11 is 5.82. The van der Waals surface area contributed by atoms with Gasteiger partial charge >= 0.3 is 0 Å². The lowest BCUT2D eigenvalue weighted by Crippen LogP contribution is -2.27. The molecule has 2 N–H and O–H groups in total. The number of hydrogen-bond acceptors (Lipinski definition) is 3. The monoisotopic (exact) mass is 242 g/mol. The molecule has 3 nitrogen and oxygen atoms in total. The van der Waals surface area contributed by atoms with Crippen molar-refractivity contribution in [1.82, 2.24) is 4.90 Å². The van der Waals surface area contributed by atoms with Crippen molar-refractivity contribution in [2.75, 3.05) is 32.0 Å². The van der Waals surface area contributed by atoms with Crippen LogP contribution in [0.4, 0.5) is 5.69 Å². The number of rotatable bonds is 6. The summed E-state index contributed by atoms with van der Waals surface area (Å²) < 4.78 is 5.60. The molecule has 0 saturated carbocycles. The highest BCUT2D eigenvalue weighted by molar-refractivity contribution is 6.33. The minimum Gasteiger partial charge on any atom is -0.492 e. The van der Waals surface area contributed by atoms with Crippen LogP contribution in [0.25, 0.3) is 0 Å². The minimum atomic E-state index is 0.557. The van der Waals surface area contributed by atoms with Gasteiger partial charge in [0.1, 0.15) is 12.4 Å². The van der Waals surface area contributed by atoms with Gasteiger partial charge in [0, 0.05) is 12.6 Å². The van der Waals surface area contributed by atoms with Gasteiger partial charge in [0.2, 0.25) is 0 Å². The quantitative estimate of drug-likeness (QED) is 0.780. The second-order valence-corrected chi connectivity index (χ2v) is 3.97. The number of nitrogens with two attached hydrogens (primary N) is 1. The molecule has 0 aliphatic carbocycles. The fourth-order valence-corrected chi connectivity index (χ4v) is 1.56. The molecule has 0 fully saturated rings. The molecule has 0 radical (unpaired) electrons. The van der Waals surface area contributed by atoms with Crippen LogP contribution in [0.15, 0.2) is 18.2 Å². The third-order valence-corrected chi connectivity index (χ3v) is 2.88. The van der Waals surface area contributed by atoms with Crippen LogP contribution in [-0.4, -0.2) is 31.1 Å². The van der Waals surface area contributed by atoms with Crippen LogP contribution < -0.4 is 10.5 Å². The Hall–Kier alpha value is -0.930. The Labute approximate surface area is 102 Å². The summed E-state index contributed by atoms with van der Waals surface area (Å²) in [5.74, 6) is 0.772. The van der Waals surface area contributed by atoms with E-state index in [1.54, 1.807) is 12.1 Å². The fraction of sp³-hybridized carbons (Fsp3) is 0.500. The first-order chi connectivity index (χ1) is 7.67. The SMILES string of the molecule is CCN(CC)CCOc1ccc(Cl)c(N)c1. The Kier molecular flexibility index (Phi) is 5.43. The van der Waals surface area contributed by atoms with Crippen LogP contribution in [0.3, 0.4) is 0 Å². The summed E-state index contributed by atoms with van der Waals surface area (Å²) in [4.78, 5) is 2.30. The molecular formula is C12H19ClN2O. The molecule has 0 bridgehead atoms. The molecule has 0 atom stereocenters. The minimum absolute atomic E-state index is 0.557. The zero-order chi connectivity index (χ0) is 12.0. The lowest BCUT2D eigenvalue weighted by Gasteiger charge is -2.18. The van der Waals surface area contributed by atoms with Crippen molar-refractivity contribution < 1.29 is 4.74 Å². The lowest BCUT2D eigenvalue weighted by molar-refractivity contribution is 0.223. The highest BCUT2D eigenvalue weighted by Crippen LogP contribution is 2.23. The Morgan fingerprint density at radius 2 is 2.00 bits per heavy atom. The number of likely N-dealkylation sites (N-methyl/N-ethyl adjacent to an activating group) is 1. The van der Waals surface area contributed by atoms with Crippen LogP contribution in [0, 0.1) is 0 Å². The van der Waals surface area contributed by atoms with Crippen LogP contribution in [0.1, 0.15) is 13.8 Å². The van der Waals surface area contributed by atoms with Gasteiger partial charge in [-0.2, -0.15) is 0 Å². The number of anilines is 1. The molecule has 0 aliphatic rings. The second kappa shape index (κ2) is 6.61. The number of halogens is 1. The van der Waals surface area contributed by atoms with Gasteiger partial charge in [-0.15, -0.1) is 0 Å². The standard InChI is InChI=1S/C12H19ClN2O/c1-3-15(4-2)7-8-16-10-5-6-11(13)12(14)9-10/h5-6,9H,3-4,7-8,14H2,1-2H3. The van der Waals surface area contributed by atoms with E-state index >= 15 is 0 Å². The summed E-state index contributed by atoms with van der Waals surface area (Å²) in [5.41, 5.74) is 6.24. The van der Waals surface area contributed by atoms with Crippen molar-refractivity contribution in [2.24, 2.45) is 0 Å². The van der Waals surface area contributed by atoms with Crippen molar-refractivity contribution in [3.63, 3.8) is 0 Å². The van der Waals surface area contributed by atoms with Crippen LogP contribution in [0.5, 0.6) is 5.75 Å². The van der Waals surface area contributed by atoms with Crippen LogP contribution in [0.2, 0.25) is 5.02 Å². The maximum absolute atomic E-state index is 5.82. The molecule has 4 heteroatoms. The third-order valence-electron chi connectivity index (χ3n) is 2.54. The zero-order valence-corrected chi connectivity index (χ0v) is 10.6. The molecule has 0 amide bonds. The van der Waals surface area contributed by atoms with Crippen LogP contribution >= 0.6 is 11.6 Å². The van der Waals surface area contributed by atoms with E-state index in [0.29, 0.717) is 17.3 Å². The maximum atomic E-state index is 5.82. The van der Waals surface area contributed by atoms with Crippen molar-refractivity contribution in [3.8, 4) is 5.75 Å². The second-order valence-electron chi connectivity index (χ2n) is 3.56. The summed E-state index contributed by atoms with van der Waals surface area (Å²) in [6.07, 6.45) is 0. The molecule has 16 heavy (non-hydrogen) atoms. The van der Waals surface area contributed by atoms with E-state index in [1.807, 2.05) is 6.07 Å². The first-order valence-corrected chi connectivity index (χ1v) is 5.95. The lowest BCUT2D eigenvalue weighted by atomic mass is 10.3. The summed E-state index contributed by atoms with van der Waals surface area (Å²) in [7, 11) is 0. The predicted octanol–water partition coefficient (Wildman–Crippen LogP) is 2.64. The molecular weight excluding hydrogens is 224 g/mol. The molecule has 1 aromatic carbocycles. The number of nitrogens with zero attached hydrogens (tertiary/aromatic N) is 1. The van der Waals surface area contributed by atoms with E-state index in [2.05, 4.69) is 18.7 Å². The molecule has 0 unspecified atom stereocenters. The van der Waals surface area contributed by atoms with E-state index in [0.717, 1.165) is 25.4 Å². The van der Waals surface area contributed by atoms with E-state index in [4.69, 9.17) is 22.1 Å². The third kappa shape index (κ3) is 3.91. The van der Waals surface area contributed by atoms with E-state index in [1.165, 1.54) is 0 Å². The average molecular weight is 243 g/mol. The smallest absolute Gasteiger partial charge is 0.121 e. The van der Waals surface area contributed by atoms with E-state index in [9.17, 15) is 0 Å². The van der Waals surface area contributed by atoms with Gasteiger partial charge < -0.3 is 15.4 Å². The molecule has 90 valence electrons. The van der Waals surface area contributed by atoms with E-state index < -0.39 is 0 Å². The fourth-order valence-electron chi connectivity index (χ4n) is 1.44. The molecule has 1 aromatic rings. The Bertz CT molecular complexity index is 327. The van der Waals surface area contributed by atoms with Gasteiger partial charge in [-0.25, -0.2) is 0 Å². The van der Waals surface area contributed by atoms with Crippen molar-refractivity contribution in [2.45, 2.75) is 13.8 Å². The van der Waals surface area contributed by atoms with Gasteiger partial charge in [-0.3, -0.25) is 0 Å². The zero-order valence-electron chi connectivity index (χ0n) is 9.87. The van der Waals surface area contributed by atoms with E-state index in [-0.39, 0.29) is 0 Å². The Balaban J connectivity index is 2.40. The largest absolute Gasteiger partial charge is 0.492 e. The highest BCUT2D eigenvalue weighted by atomic mass is 35.5. The Morgan fingerprint density at radius 3 is 2.56 bits per heavy atom. The van der Waals surface area contributed by atoms with Crippen LogP contribution in [-0.2, 0) is 0 Å². The van der Waals surface area contributed by atoms with Crippen molar-refractivity contribution in [1.29, 1.82) is 0 Å². The summed E-state index contributed by atoms with van der Waals surface area (Å²) in [6.45, 7) is 7.97. The molecule has 0 saturated heterocycles. The number of benzene rings is 1. The van der Waals surface area contributed by atoms with Gasteiger partial charge in [0.15, 0.2) is 0 Å². The molecule has 0 aliphatic heterocycles. The molecule has 1 rings (SSSR count). The first-order valence-electron chi connectivity index (χ1n) is 5.57. The maximum Gasteiger partial charge on any atom is 0.121 e. The Morgan fingerprint density at radius 1 is 1.31 bits per heavy atom. The number of hydrogen-bond donors (Lipinski definition) is 1. The van der Waals surface area contributed by atoms with Gasteiger partial charge in [0.05, 0.1) is 10.7 Å². The predicted molar refractivity (Wildman–Crippen MR) is 69.1 cm³/mol. The van der Waals surface area contributed by atoms with Gasteiger partial charge in [-0.1, -0.05) is 25.4 Å². The molecule has 0 spiro atoms. The first kappa shape index (κ1) is 13.1. The average Bonchev–Trinajstić information content (AvgIpc) is 2.29.